The lowest BCUT2D eigenvalue weighted by Gasteiger charge is -2.59. The number of hydrogen-bond acceptors (Lipinski definition) is 3. The highest BCUT2D eigenvalue weighted by molar-refractivity contribution is 9.10. The smallest absolute Gasteiger partial charge is 0.261 e. The van der Waals surface area contributed by atoms with E-state index < -0.39 is 35.5 Å². The van der Waals surface area contributed by atoms with Crippen LogP contribution in [0.1, 0.15) is 44.9 Å². The van der Waals surface area contributed by atoms with E-state index in [-0.39, 0.29) is 35.5 Å². The topological polar surface area (TPSA) is 56.2 Å². The van der Waals surface area contributed by atoms with Gasteiger partial charge in [-0.05, 0) is 35.2 Å². The summed E-state index contributed by atoms with van der Waals surface area (Å²) in [6.45, 7) is 1.57. The Morgan fingerprint density at radius 3 is 2.52 bits per heavy atom. The number of aromatic nitrogens is 3. The number of halogens is 5. The molecule has 0 amide bonds. The van der Waals surface area contributed by atoms with Gasteiger partial charge in [0.05, 0.1) is 5.41 Å². The third-order valence-corrected chi connectivity index (χ3v) is 6.79. The minimum absolute atomic E-state index is 0.0305. The molecule has 2 N–H and O–H groups in total. The fourth-order valence-corrected chi connectivity index (χ4v) is 5.25. The number of nitrogen functional groups attached to an aromatic ring is 1. The van der Waals surface area contributed by atoms with Gasteiger partial charge in [-0.25, -0.2) is 27.5 Å². The third-order valence-electron chi connectivity index (χ3n) is 6.24. The van der Waals surface area contributed by atoms with Gasteiger partial charge in [-0.15, -0.1) is 0 Å². The zero-order valence-corrected chi connectivity index (χ0v) is 15.1. The number of nitrogens with two attached hydrogens (primary N) is 1. The molecule has 4 nitrogen and oxygen atoms in total. The highest BCUT2D eigenvalue weighted by Gasteiger charge is 2.76. The summed E-state index contributed by atoms with van der Waals surface area (Å²) < 4.78 is 61.8. The van der Waals surface area contributed by atoms with Gasteiger partial charge in [-0.3, -0.25) is 4.40 Å². The van der Waals surface area contributed by atoms with Gasteiger partial charge < -0.3 is 5.73 Å². The Labute approximate surface area is 149 Å². The van der Waals surface area contributed by atoms with Crippen LogP contribution in [0.3, 0.4) is 0 Å². The van der Waals surface area contributed by atoms with Crippen molar-refractivity contribution in [1.29, 1.82) is 0 Å². The molecule has 2 atom stereocenters. The van der Waals surface area contributed by atoms with E-state index in [0.29, 0.717) is 5.52 Å². The molecule has 0 aromatic carbocycles. The van der Waals surface area contributed by atoms with E-state index in [2.05, 4.69) is 25.9 Å². The highest BCUT2D eigenvalue weighted by Crippen LogP contribution is 2.70. The molecule has 0 saturated heterocycles. The number of imidazole rings is 1. The van der Waals surface area contributed by atoms with Crippen LogP contribution in [0.15, 0.2) is 17.0 Å². The first-order chi connectivity index (χ1) is 11.6. The molecule has 3 fully saturated rings. The predicted molar refractivity (Wildman–Crippen MR) is 87.9 cm³/mol. The maximum absolute atomic E-state index is 15.2. The minimum atomic E-state index is -3.28. The van der Waals surface area contributed by atoms with E-state index in [0.717, 1.165) is 0 Å². The molecule has 2 aromatic rings. The fraction of sp³-hybridized carbons (Fsp3) is 0.625. The second-order valence-corrected chi connectivity index (χ2v) is 7.99. The van der Waals surface area contributed by atoms with E-state index in [1.165, 1.54) is 16.8 Å². The summed E-state index contributed by atoms with van der Waals surface area (Å²) in [6, 6.07) is 0. The van der Waals surface area contributed by atoms with Gasteiger partial charge in [-0.1, -0.05) is 6.92 Å². The molecule has 2 unspecified atom stereocenters. The number of rotatable bonds is 2. The van der Waals surface area contributed by atoms with Crippen LogP contribution in [0.2, 0.25) is 0 Å². The van der Waals surface area contributed by atoms with E-state index in [9.17, 15) is 8.78 Å². The van der Waals surface area contributed by atoms with Crippen molar-refractivity contribution < 1.29 is 17.6 Å². The van der Waals surface area contributed by atoms with Crippen LogP contribution < -0.4 is 5.73 Å². The Morgan fingerprint density at radius 1 is 1.20 bits per heavy atom. The summed E-state index contributed by atoms with van der Waals surface area (Å²) in [5.74, 6) is -6.41. The van der Waals surface area contributed by atoms with Gasteiger partial charge in [0, 0.05) is 30.7 Å². The second-order valence-electron chi connectivity index (χ2n) is 7.24. The average Bonchev–Trinajstić information content (AvgIpc) is 2.87. The average molecular weight is 421 g/mol. The molecular formula is C16H17BrF4N4. The van der Waals surface area contributed by atoms with Crippen LogP contribution in [0.4, 0.5) is 23.4 Å². The largest absolute Gasteiger partial charge is 0.382 e. The first kappa shape index (κ1) is 17.1. The Kier molecular flexibility index (Phi) is 3.32. The maximum atomic E-state index is 15.2. The summed E-state index contributed by atoms with van der Waals surface area (Å²) in [7, 11) is 0. The summed E-state index contributed by atoms with van der Waals surface area (Å²) >= 11 is 3.21. The lowest BCUT2D eigenvalue weighted by Crippen LogP contribution is -2.66. The van der Waals surface area contributed by atoms with Crippen LogP contribution in [0.5, 0.6) is 0 Å². The van der Waals surface area contributed by atoms with Gasteiger partial charge in [0.2, 0.25) is 0 Å². The van der Waals surface area contributed by atoms with Gasteiger partial charge in [0.1, 0.15) is 15.9 Å². The maximum Gasteiger partial charge on any atom is 0.261 e. The highest BCUT2D eigenvalue weighted by atomic mass is 79.9. The van der Waals surface area contributed by atoms with Crippen LogP contribution in [-0.2, 0) is 5.41 Å². The van der Waals surface area contributed by atoms with Crippen molar-refractivity contribution in [2.24, 2.45) is 5.41 Å². The summed E-state index contributed by atoms with van der Waals surface area (Å²) in [6.07, 6.45) is 1.13. The van der Waals surface area contributed by atoms with Crippen molar-refractivity contribution in [3.05, 3.63) is 22.8 Å². The first-order valence-electron chi connectivity index (χ1n) is 8.13. The molecule has 0 spiro atoms. The summed E-state index contributed by atoms with van der Waals surface area (Å²) in [4.78, 5) is 8.12. The molecule has 2 aromatic heterocycles. The van der Waals surface area contributed by atoms with E-state index in [4.69, 9.17) is 5.73 Å². The summed E-state index contributed by atoms with van der Waals surface area (Å²) in [5, 5.41) is 0. The van der Waals surface area contributed by atoms with Gasteiger partial charge >= 0.3 is 0 Å². The molecule has 3 aliphatic rings. The van der Waals surface area contributed by atoms with Crippen LogP contribution in [-0.4, -0.2) is 26.2 Å². The number of alkyl halides is 4. The quantitative estimate of drug-likeness (QED) is 0.724. The Bertz CT molecular complexity index is 867. The molecule has 25 heavy (non-hydrogen) atoms. The van der Waals surface area contributed by atoms with Crippen molar-refractivity contribution in [2.45, 2.75) is 56.3 Å². The lowest BCUT2D eigenvalue weighted by atomic mass is 9.49. The molecule has 0 aliphatic heterocycles. The lowest BCUT2D eigenvalue weighted by molar-refractivity contribution is -0.286. The van der Waals surface area contributed by atoms with E-state index in [1.807, 2.05) is 0 Å². The zero-order chi connectivity index (χ0) is 18.3. The molecule has 9 heteroatoms. The van der Waals surface area contributed by atoms with Crippen LogP contribution in [0.25, 0.3) is 5.52 Å². The van der Waals surface area contributed by atoms with Crippen molar-refractivity contribution >= 4 is 27.3 Å². The Balaban J connectivity index is 1.98. The molecule has 3 saturated carbocycles. The predicted octanol–water partition coefficient (Wildman–Crippen LogP) is 4.57. The first-order valence-corrected chi connectivity index (χ1v) is 8.93. The van der Waals surface area contributed by atoms with E-state index >= 15 is 8.78 Å². The van der Waals surface area contributed by atoms with Crippen molar-refractivity contribution in [3.8, 4) is 0 Å². The fourth-order valence-electron chi connectivity index (χ4n) is 4.69. The van der Waals surface area contributed by atoms with Crippen molar-refractivity contribution in [3.63, 3.8) is 0 Å². The van der Waals surface area contributed by atoms with Crippen LogP contribution in [0, 0.1) is 5.41 Å². The number of anilines is 1. The van der Waals surface area contributed by atoms with Gasteiger partial charge in [-0.2, -0.15) is 0 Å². The number of fused-ring (bicyclic) bond motifs is 4. The second kappa shape index (κ2) is 4.86. The number of hydrogen-bond donors (Lipinski definition) is 1. The number of nitrogens with zero attached hydrogens (tertiary/aromatic N) is 3. The Morgan fingerprint density at radius 2 is 1.92 bits per heavy atom. The van der Waals surface area contributed by atoms with Crippen molar-refractivity contribution in [1.82, 2.24) is 14.4 Å². The monoisotopic (exact) mass is 420 g/mol. The zero-order valence-electron chi connectivity index (χ0n) is 13.5. The molecule has 136 valence electrons. The molecule has 3 aliphatic carbocycles. The van der Waals surface area contributed by atoms with E-state index in [1.54, 1.807) is 6.92 Å². The van der Waals surface area contributed by atoms with Gasteiger partial charge in [0.25, 0.3) is 11.8 Å². The molecule has 2 bridgehead atoms. The minimum Gasteiger partial charge on any atom is -0.382 e. The standard InChI is InChI=1S/C16H17BrF4N4/c1-2-13-3-4-14(8-15(13,18)19,16(20,21)7-13)12-24-10(17)9-11(22)23-5-6-25(9)12/h5-6H,2-4,7-8H2,1H3,(H2,22,23). The SMILES string of the molecule is CCC12CCC(c3nc(Br)c4c(N)nccn34)(CC1(F)F)C(F)(F)C2. The Hall–Kier alpha value is -1.38. The summed E-state index contributed by atoms with van der Waals surface area (Å²) in [5.41, 5.74) is 2.49. The molecule has 2 heterocycles. The van der Waals surface area contributed by atoms with Crippen LogP contribution >= 0.6 is 15.9 Å². The molecule has 0 radical (unpaired) electrons. The molecular weight excluding hydrogens is 404 g/mol. The normalized spacial score (nSPS) is 33.0. The molecule has 5 rings (SSSR count). The third kappa shape index (κ3) is 1.93. The van der Waals surface area contributed by atoms with Gasteiger partial charge in [0.15, 0.2) is 5.82 Å². The van der Waals surface area contributed by atoms with Crippen molar-refractivity contribution in [2.75, 3.05) is 5.73 Å².